The molecular weight excluding hydrogens is 164 g/mol. The van der Waals surface area contributed by atoms with Crippen molar-refractivity contribution in [3.05, 3.63) is 23.7 Å². The number of nitrogens with one attached hydrogen (secondary N) is 2. The molecule has 74 valence electrons. The highest BCUT2D eigenvalue weighted by atomic mass is 16.3. The Bertz CT molecular complexity index is 233. The van der Waals surface area contributed by atoms with Crippen LogP contribution >= 0.6 is 0 Å². The fourth-order valence-electron chi connectivity index (χ4n) is 1.27. The molecule has 1 heterocycles. The molecule has 0 atom stereocenters. The van der Waals surface area contributed by atoms with Crippen molar-refractivity contribution in [1.82, 2.24) is 10.6 Å². The first-order valence-electron chi connectivity index (χ1n) is 4.79. The number of aryl methyl sites for hydroxylation is 1. The monoisotopic (exact) mass is 182 g/mol. The Hall–Kier alpha value is -0.800. The molecular formula is C10H18N2O. The molecule has 0 amide bonds. The maximum absolute atomic E-state index is 5.32. The molecule has 0 bridgehead atoms. The van der Waals surface area contributed by atoms with Gasteiger partial charge in [0, 0.05) is 31.6 Å². The summed E-state index contributed by atoms with van der Waals surface area (Å²) in [5.41, 5.74) is 1.28. The molecule has 1 aromatic heterocycles. The van der Waals surface area contributed by atoms with Crippen LogP contribution in [-0.4, -0.2) is 20.1 Å². The van der Waals surface area contributed by atoms with Gasteiger partial charge in [0.05, 0.1) is 6.26 Å². The van der Waals surface area contributed by atoms with Gasteiger partial charge in [0.15, 0.2) is 0 Å². The first-order valence-corrected chi connectivity index (χ1v) is 4.79. The average Bonchev–Trinajstić information content (AvgIpc) is 2.60. The second-order valence-electron chi connectivity index (χ2n) is 3.00. The Labute approximate surface area is 79.5 Å². The quantitative estimate of drug-likeness (QED) is 0.648. The fourth-order valence-corrected chi connectivity index (χ4v) is 1.27. The Morgan fingerprint density at radius 2 is 2.23 bits per heavy atom. The van der Waals surface area contributed by atoms with Crippen molar-refractivity contribution in [2.75, 3.05) is 20.1 Å². The average molecular weight is 182 g/mol. The van der Waals surface area contributed by atoms with E-state index in [0.717, 1.165) is 31.8 Å². The van der Waals surface area contributed by atoms with E-state index in [1.165, 1.54) is 5.56 Å². The van der Waals surface area contributed by atoms with Crippen LogP contribution in [0, 0.1) is 0 Å². The molecule has 0 saturated carbocycles. The summed E-state index contributed by atoms with van der Waals surface area (Å²) in [6, 6.07) is 2.03. The lowest BCUT2D eigenvalue weighted by Gasteiger charge is -2.03. The van der Waals surface area contributed by atoms with Crippen LogP contribution in [0.15, 0.2) is 16.7 Å². The molecule has 0 aliphatic heterocycles. The van der Waals surface area contributed by atoms with Crippen molar-refractivity contribution < 1.29 is 4.42 Å². The smallest absolute Gasteiger partial charge is 0.107 e. The zero-order chi connectivity index (χ0) is 9.52. The Balaban J connectivity index is 2.27. The van der Waals surface area contributed by atoms with Crippen LogP contribution in [0.5, 0.6) is 0 Å². The number of likely N-dealkylation sites (N-methyl/N-ethyl adjacent to an activating group) is 1. The van der Waals surface area contributed by atoms with Crippen LogP contribution in [0.25, 0.3) is 0 Å². The first kappa shape index (κ1) is 10.3. The third-order valence-electron chi connectivity index (χ3n) is 2.03. The molecule has 0 unspecified atom stereocenters. The molecule has 0 saturated heterocycles. The van der Waals surface area contributed by atoms with Crippen LogP contribution in [0.4, 0.5) is 0 Å². The summed E-state index contributed by atoms with van der Waals surface area (Å²) in [5.74, 6) is 1.09. The Morgan fingerprint density at radius 3 is 2.92 bits per heavy atom. The van der Waals surface area contributed by atoms with Gasteiger partial charge >= 0.3 is 0 Å². The van der Waals surface area contributed by atoms with Crippen molar-refractivity contribution >= 4 is 0 Å². The largest absolute Gasteiger partial charge is 0.469 e. The van der Waals surface area contributed by atoms with E-state index in [9.17, 15) is 0 Å². The lowest BCUT2D eigenvalue weighted by molar-refractivity contribution is 0.507. The van der Waals surface area contributed by atoms with Crippen molar-refractivity contribution in [2.24, 2.45) is 0 Å². The van der Waals surface area contributed by atoms with Gasteiger partial charge in [0.25, 0.3) is 0 Å². The summed E-state index contributed by atoms with van der Waals surface area (Å²) >= 11 is 0. The minimum Gasteiger partial charge on any atom is -0.469 e. The zero-order valence-corrected chi connectivity index (χ0v) is 8.39. The second kappa shape index (κ2) is 5.78. The number of hydrogen-bond acceptors (Lipinski definition) is 3. The molecule has 0 aromatic carbocycles. The van der Waals surface area contributed by atoms with Gasteiger partial charge in [-0.05, 0) is 13.1 Å². The van der Waals surface area contributed by atoms with E-state index in [4.69, 9.17) is 4.42 Å². The van der Waals surface area contributed by atoms with Crippen molar-refractivity contribution in [2.45, 2.75) is 19.9 Å². The third-order valence-corrected chi connectivity index (χ3v) is 2.03. The van der Waals surface area contributed by atoms with Crippen LogP contribution in [0.3, 0.4) is 0 Å². The molecule has 1 rings (SSSR count). The number of furan rings is 1. The maximum atomic E-state index is 5.32. The van der Waals surface area contributed by atoms with Gasteiger partial charge in [0.1, 0.15) is 5.76 Å². The van der Waals surface area contributed by atoms with E-state index in [0.29, 0.717) is 0 Å². The highest BCUT2D eigenvalue weighted by Gasteiger charge is 2.02. The summed E-state index contributed by atoms with van der Waals surface area (Å²) < 4.78 is 5.32. The van der Waals surface area contributed by atoms with E-state index in [1.54, 1.807) is 6.26 Å². The molecule has 0 spiro atoms. The maximum Gasteiger partial charge on any atom is 0.107 e. The molecule has 13 heavy (non-hydrogen) atoms. The molecule has 3 nitrogen and oxygen atoms in total. The molecule has 1 aromatic rings. The lowest BCUT2D eigenvalue weighted by Crippen LogP contribution is -2.24. The minimum atomic E-state index is 0.904. The van der Waals surface area contributed by atoms with Gasteiger partial charge in [-0.3, -0.25) is 0 Å². The van der Waals surface area contributed by atoms with Crippen molar-refractivity contribution in [3.63, 3.8) is 0 Å². The highest BCUT2D eigenvalue weighted by Crippen LogP contribution is 2.10. The summed E-state index contributed by atoms with van der Waals surface area (Å²) in [5, 5.41) is 6.43. The van der Waals surface area contributed by atoms with Crippen molar-refractivity contribution in [1.29, 1.82) is 0 Å². The van der Waals surface area contributed by atoms with Crippen LogP contribution in [0.1, 0.15) is 18.2 Å². The summed E-state index contributed by atoms with van der Waals surface area (Å²) in [7, 11) is 1.96. The highest BCUT2D eigenvalue weighted by molar-refractivity contribution is 5.16. The van der Waals surface area contributed by atoms with Gasteiger partial charge in [-0.2, -0.15) is 0 Å². The van der Waals surface area contributed by atoms with E-state index < -0.39 is 0 Å². The van der Waals surface area contributed by atoms with E-state index in [2.05, 4.69) is 17.6 Å². The Kier molecular flexibility index (Phi) is 4.57. The number of hydrogen-bond donors (Lipinski definition) is 2. The van der Waals surface area contributed by atoms with Crippen LogP contribution < -0.4 is 10.6 Å². The third kappa shape index (κ3) is 3.20. The van der Waals surface area contributed by atoms with Crippen molar-refractivity contribution in [3.8, 4) is 0 Å². The topological polar surface area (TPSA) is 37.2 Å². The van der Waals surface area contributed by atoms with E-state index in [-0.39, 0.29) is 0 Å². The first-order chi connectivity index (χ1) is 6.38. The van der Waals surface area contributed by atoms with Gasteiger partial charge < -0.3 is 15.1 Å². The summed E-state index contributed by atoms with van der Waals surface area (Å²) in [4.78, 5) is 0. The molecule has 0 radical (unpaired) electrons. The predicted octanol–water partition coefficient (Wildman–Crippen LogP) is 1.15. The van der Waals surface area contributed by atoms with Gasteiger partial charge in [0.2, 0.25) is 0 Å². The normalized spacial score (nSPS) is 10.6. The second-order valence-corrected chi connectivity index (χ2v) is 3.00. The minimum absolute atomic E-state index is 0.904. The molecule has 0 aliphatic carbocycles. The predicted molar refractivity (Wildman–Crippen MR) is 53.7 cm³/mol. The lowest BCUT2D eigenvalue weighted by atomic mass is 10.2. The van der Waals surface area contributed by atoms with E-state index in [1.807, 2.05) is 13.1 Å². The molecule has 0 aliphatic rings. The summed E-state index contributed by atoms with van der Waals surface area (Å²) in [6.07, 6.45) is 2.73. The standard InChI is InChI=1S/C10H18N2O/c1-3-10-9(4-7-13-10)8-12-6-5-11-2/h4,7,11-12H,3,5-6,8H2,1-2H3. The Morgan fingerprint density at radius 1 is 1.38 bits per heavy atom. The van der Waals surface area contributed by atoms with Crippen LogP contribution in [-0.2, 0) is 13.0 Å². The molecule has 0 fully saturated rings. The molecule has 2 N–H and O–H groups in total. The summed E-state index contributed by atoms with van der Waals surface area (Å²) in [6.45, 7) is 5.00. The zero-order valence-electron chi connectivity index (χ0n) is 8.39. The van der Waals surface area contributed by atoms with Crippen LogP contribution in [0.2, 0.25) is 0 Å². The fraction of sp³-hybridized carbons (Fsp3) is 0.600. The SMILES string of the molecule is CCc1occc1CNCCNC. The van der Waals surface area contributed by atoms with Gasteiger partial charge in [-0.25, -0.2) is 0 Å². The van der Waals surface area contributed by atoms with Gasteiger partial charge in [-0.1, -0.05) is 6.92 Å². The molecule has 3 heteroatoms. The van der Waals surface area contributed by atoms with E-state index >= 15 is 0 Å². The number of rotatable bonds is 6. The van der Waals surface area contributed by atoms with Gasteiger partial charge in [-0.15, -0.1) is 0 Å².